The summed E-state index contributed by atoms with van der Waals surface area (Å²) < 4.78 is 62.9. The topological polar surface area (TPSA) is 568 Å². The molecule has 0 aliphatic heterocycles. The van der Waals surface area contributed by atoms with Gasteiger partial charge < -0.3 is 49.9 Å². The third-order valence-electron chi connectivity index (χ3n) is 20.7. The molecule has 46 heteroatoms. The molecule has 1 fully saturated rings. The first-order valence-electron chi connectivity index (χ1n) is 40.2. The van der Waals surface area contributed by atoms with Crippen LogP contribution in [-0.2, 0) is 0 Å². The molecular formula is C88H70Cl5F4N33O4. The smallest absolute Gasteiger partial charge is 0.267 e. The van der Waals surface area contributed by atoms with Gasteiger partial charge in [-0.1, -0.05) is 71.9 Å². The van der Waals surface area contributed by atoms with Crippen LogP contribution in [0.25, 0.3) is 66.4 Å². The molecule has 1 saturated carbocycles. The second-order valence-corrected chi connectivity index (χ2v) is 31.7. The lowest BCUT2D eigenvalue weighted by Gasteiger charge is -2.24. The largest absolute Gasteiger partial charge is 0.384 e. The summed E-state index contributed by atoms with van der Waals surface area (Å²) in [7, 11) is 0. The van der Waals surface area contributed by atoms with E-state index in [1.165, 1.54) is 56.7 Å². The van der Waals surface area contributed by atoms with Crippen molar-refractivity contribution in [3.05, 3.63) is 293 Å². The molecule has 12 heterocycles. The maximum Gasteiger partial charge on any atom is 0.267 e. The van der Waals surface area contributed by atoms with E-state index in [-0.39, 0.29) is 161 Å². The summed E-state index contributed by atoms with van der Waals surface area (Å²) in [6.07, 6.45) is 12.3. The van der Waals surface area contributed by atoms with E-state index in [1.807, 2.05) is 31.2 Å². The predicted molar refractivity (Wildman–Crippen MR) is 498 cm³/mol. The van der Waals surface area contributed by atoms with Crippen LogP contribution in [0.5, 0.6) is 0 Å². The molecule has 0 saturated heterocycles. The molecule has 1 aliphatic carbocycles. The maximum absolute atomic E-state index is 14.8. The molecule has 0 amide bonds. The van der Waals surface area contributed by atoms with Gasteiger partial charge in [-0.15, -0.1) is 0 Å². The Bertz CT molecular complexity index is 7850. The Labute approximate surface area is 780 Å². The van der Waals surface area contributed by atoms with Gasteiger partial charge in [-0.05, 0) is 151 Å². The maximum atomic E-state index is 14.8. The standard InChI is InChI=1S/C23H18ClFN8O.C23H17F2N9O.C22H18ClFN8O.C20H17Cl3N8O/c1-11-29-20(27)14(9-26)21(30-11)31-18(12-4-5-12)22-32-19-16(25)7-6-15(24)17(19)23(34)33(22)13-3-2-8-28-10-13;1-3-18(32-21-17(8-27)20(28)30-11(2)31-21)22-33-19-12(7-26)4-13(24)6-16(19)23(35)34(22)15-5-14(25)9-29-10-15;1-3-16(30-20-13(9-25)19(26)28-11(2)29-20)21-31-18-15(24)7-6-14(23)17(18)22(33)32(21)12-5-4-8-27-10-12;1-8(27-18-15(23)17(25)28-9(2)29-18)19-30-16-12(22)5-4-11(21)14(16)20(32)31(19)10-3-6-13(24)26-7-10/h2-3,6-8,10,12,18H,4-5H2,1H3,(H3,27,29,30,31);4-6,9-10,18H,3H2,1-2H3,(H3,28,30,31,32);4-8,10,16H,3H2,1-2H3,(H3,26,28,29,30);3-8H,1-2H3,(H2,24,26)(H3,25,27,28,29)/t2*18-;16-;8-/m0010/s1. The molecule has 0 spiro atoms. The van der Waals surface area contributed by atoms with Crippen LogP contribution in [0.15, 0.2) is 154 Å². The number of aromatic nitrogens is 20. The molecule has 4 atom stereocenters. The SMILES string of the molecule is CC[C@@H](Nc1nc(C)nc(N)c1C#N)c1nc2c(F)ccc(Cl)c2c(=O)n1-c1cccnc1.CC[C@H](Nc1nc(C)nc(N)c1C#N)c1nc2c(C#N)cc(F)cc2c(=O)n1-c1cncc(F)c1.Cc1nc(N)c(C#N)c(N[C@H](c2nc3c(F)ccc(Cl)c3c(=O)n2-c2cccnc2)C2CC2)n1.Cc1nc(N)c(Cl)c(N[C@@H](C)c2nc3c(Cl)ccc(Cl)c3c(=O)n2-c2ccc(N)nc2)n1. The van der Waals surface area contributed by atoms with Crippen LogP contribution in [0, 0.1) is 102 Å². The van der Waals surface area contributed by atoms with Gasteiger partial charge in [0.25, 0.3) is 22.2 Å². The Hall–Kier alpha value is -16.3. The summed E-state index contributed by atoms with van der Waals surface area (Å²) >= 11 is 31.5. The number of aryl methyl sites for hydroxylation is 4. The van der Waals surface area contributed by atoms with Crippen LogP contribution in [0.4, 0.5) is 69.9 Å². The predicted octanol–water partition coefficient (Wildman–Crippen LogP) is 14.6. The van der Waals surface area contributed by atoms with E-state index in [4.69, 9.17) is 86.7 Å². The highest BCUT2D eigenvalue weighted by atomic mass is 35.5. The Morgan fingerprint density at radius 3 is 1.31 bits per heavy atom. The van der Waals surface area contributed by atoms with Crippen LogP contribution in [-0.4, -0.2) is 98.0 Å². The molecule has 134 heavy (non-hydrogen) atoms. The van der Waals surface area contributed by atoms with Crippen molar-refractivity contribution in [3.8, 4) is 47.0 Å². The number of benzene rings is 4. The lowest BCUT2D eigenvalue weighted by molar-refractivity contribution is 0.599. The van der Waals surface area contributed by atoms with E-state index >= 15 is 0 Å². The molecule has 17 rings (SSSR count). The molecule has 0 radical (unpaired) electrons. The first-order valence-corrected chi connectivity index (χ1v) is 42.1. The number of nitrogens with zero attached hydrogens (tertiary/aromatic N) is 24. The molecule has 0 unspecified atom stereocenters. The number of nitrogens with one attached hydrogen (secondary N) is 4. The van der Waals surface area contributed by atoms with E-state index in [0.29, 0.717) is 70.7 Å². The highest BCUT2D eigenvalue weighted by Crippen LogP contribution is 2.44. The van der Waals surface area contributed by atoms with E-state index in [9.17, 15) is 57.8 Å². The van der Waals surface area contributed by atoms with Crippen molar-refractivity contribution in [2.45, 2.75) is 98.3 Å². The first-order chi connectivity index (χ1) is 64.2. The zero-order chi connectivity index (χ0) is 96.1. The summed E-state index contributed by atoms with van der Waals surface area (Å²) in [5, 5.41) is 51.6. The Kier molecular flexibility index (Phi) is 27.7. The normalized spacial score (nSPS) is 12.4. The second-order valence-electron chi connectivity index (χ2n) is 29.7. The number of pyridine rings is 4. The number of hydrogen-bond donors (Lipinski definition) is 9. The van der Waals surface area contributed by atoms with E-state index in [0.717, 1.165) is 47.9 Å². The van der Waals surface area contributed by atoms with Crippen molar-refractivity contribution in [1.82, 2.24) is 98.0 Å². The molecular weight excluding hydrogens is 1840 g/mol. The summed E-state index contributed by atoms with van der Waals surface area (Å²) in [5.41, 5.74) is 28.4. The molecule has 16 aromatic rings. The Morgan fingerprint density at radius 1 is 0.425 bits per heavy atom. The number of anilines is 9. The lowest BCUT2D eigenvalue weighted by Crippen LogP contribution is -2.30. The van der Waals surface area contributed by atoms with Crippen LogP contribution >= 0.6 is 58.0 Å². The lowest BCUT2D eigenvalue weighted by atomic mass is 10.1. The minimum atomic E-state index is -0.791. The van der Waals surface area contributed by atoms with Crippen LogP contribution in [0.3, 0.4) is 0 Å². The van der Waals surface area contributed by atoms with E-state index in [1.54, 1.807) is 102 Å². The zero-order valence-electron chi connectivity index (χ0n) is 71.1. The number of nitrogens with two attached hydrogens (primary N) is 5. The minimum Gasteiger partial charge on any atom is -0.384 e. The highest BCUT2D eigenvalue weighted by Gasteiger charge is 2.38. The monoisotopic (exact) mass is 1900 g/mol. The van der Waals surface area contributed by atoms with Gasteiger partial charge in [0.05, 0.1) is 136 Å². The summed E-state index contributed by atoms with van der Waals surface area (Å²) in [6.45, 7) is 12.0. The highest BCUT2D eigenvalue weighted by molar-refractivity contribution is 6.40. The zero-order valence-corrected chi connectivity index (χ0v) is 74.9. The fourth-order valence-electron chi connectivity index (χ4n) is 14.4. The second kappa shape index (κ2) is 39.6. The third kappa shape index (κ3) is 19.2. The van der Waals surface area contributed by atoms with Gasteiger partial charge in [0, 0.05) is 18.5 Å². The summed E-state index contributed by atoms with van der Waals surface area (Å²) in [5.74, 6) is 0.861. The van der Waals surface area contributed by atoms with Gasteiger partial charge in [-0.3, -0.25) is 52.4 Å². The van der Waals surface area contributed by atoms with Crippen LogP contribution < -0.4 is 72.2 Å². The van der Waals surface area contributed by atoms with Gasteiger partial charge in [0.2, 0.25) is 0 Å². The first kappa shape index (κ1) is 93.8. The van der Waals surface area contributed by atoms with Gasteiger partial charge in [-0.25, -0.2) is 82.4 Å². The van der Waals surface area contributed by atoms with E-state index in [2.05, 4.69) is 101 Å². The number of fused-ring (bicyclic) bond motifs is 4. The molecule has 4 aromatic carbocycles. The van der Waals surface area contributed by atoms with Gasteiger partial charge >= 0.3 is 0 Å². The molecule has 14 N–H and O–H groups in total. The van der Waals surface area contributed by atoms with E-state index < -0.39 is 69.7 Å². The number of nitrogen functional groups attached to an aromatic ring is 5. The third-order valence-corrected chi connectivity index (χ3v) is 22.3. The number of nitriles is 4. The van der Waals surface area contributed by atoms with Crippen molar-refractivity contribution in [2.24, 2.45) is 5.92 Å². The summed E-state index contributed by atoms with van der Waals surface area (Å²) in [6, 6.07) is 26.4. The number of rotatable bonds is 19. The average Bonchev–Trinajstić information content (AvgIpc) is 0.910. The summed E-state index contributed by atoms with van der Waals surface area (Å²) in [4.78, 5) is 122. The average molecular weight is 1910 g/mol. The fourth-order valence-corrected chi connectivity index (χ4v) is 15.5. The van der Waals surface area contributed by atoms with Crippen LogP contribution in [0.2, 0.25) is 25.1 Å². The van der Waals surface area contributed by atoms with Gasteiger partial charge in [0.1, 0.15) is 156 Å². The molecule has 37 nitrogen and oxygen atoms in total. The van der Waals surface area contributed by atoms with Crippen molar-refractivity contribution in [2.75, 3.05) is 49.9 Å². The van der Waals surface area contributed by atoms with Crippen molar-refractivity contribution >= 4 is 154 Å². The van der Waals surface area contributed by atoms with Crippen molar-refractivity contribution in [3.63, 3.8) is 0 Å². The number of halogens is 9. The number of hydrogen-bond acceptors (Lipinski definition) is 33. The van der Waals surface area contributed by atoms with Gasteiger partial charge in [-0.2, -0.15) is 21.0 Å². The molecule has 1 aliphatic rings. The quantitative estimate of drug-likeness (QED) is 0.0340. The Morgan fingerprint density at radius 2 is 0.851 bits per heavy atom. The van der Waals surface area contributed by atoms with Crippen molar-refractivity contribution < 1.29 is 17.6 Å². The Balaban J connectivity index is 0.000000143. The van der Waals surface area contributed by atoms with Crippen LogP contribution in [0.1, 0.15) is 139 Å². The fraction of sp³-hybridized carbons (Fsp3) is 0.182. The molecule has 12 aromatic heterocycles. The minimum absolute atomic E-state index is 0.00376. The van der Waals surface area contributed by atoms with Crippen molar-refractivity contribution in [1.29, 1.82) is 21.0 Å². The molecule has 0 bridgehead atoms. The molecule has 674 valence electrons. The van der Waals surface area contributed by atoms with Gasteiger partial charge in [0.15, 0.2) is 23.3 Å².